The zero-order valence-electron chi connectivity index (χ0n) is 34.3. The summed E-state index contributed by atoms with van der Waals surface area (Å²) in [6, 6.07) is 14.9. The van der Waals surface area contributed by atoms with Gasteiger partial charge in [0, 0.05) is 36.8 Å². The quantitative estimate of drug-likeness (QED) is 0.219. The molecule has 1 aliphatic heterocycles. The van der Waals surface area contributed by atoms with Crippen molar-refractivity contribution in [3.63, 3.8) is 0 Å². The van der Waals surface area contributed by atoms with E-state index in [2.05, 4.69) is 57.8 Å². The first-order valence-electron chi connectivity index (χ1n) is 21.6. The Labute approximate surface area is 328 Å². The highest BCUT2D eigenvalue weighted by Gasteiger charge is 2.64. The maximum Gasteiger partial charge on any atom is 0.411 e. The van der Waals surface area contributed by atoms with Crippen LogP contribution in [0.3, 0.4) is 0 Å². The van der Waals surface area contributed by atoms with E-state index in [9.17, 15) is 9.59 Å². The van der Waals surface area contributed by atoms with Crippen LogP contribution < -0.4 is 15.6 Å². The molecule has 1 N–H and O–H groups in total. The van der Waals surface area contributed by atoms with E-state index < -0.39 is 6.09 Å². The second-order valence-corrected chi connectivity index (χ2v) is 19.2. The fourth-order valence-corrected chi connectivity index (χ4v) is 12.8. The van der Waals surface area contributed by atoms with Crippen molar-refractivity contribution < 1.29 is 18.7 Å². The van der Waals surface area contributed by atoms with E-state index in [1.54, 1.807) is 6.07 Å². The molecule has 1 saturated heterocycles. The number of carbonyl (C=O) groups excluding carboxylic acids is 1. The molecule has 1 amide bonds. The Morgan fingerprint density at radius 2 is 1.71 bits per heavy atom. The molecule has 0 bridgehead atoms. The molecular weight excluding hydrogens is 685 g/mol. The molecule has 55 heavy (non-hydrogen) atoms. The van der Waals surface area contributed by atoms with Gasteiger partial charge in [-0.05, 0) is 115 Å². The standard InChI is InChI=1S/C48H64N2O5/c1-31(2)9-7-10-32(3)39-17-18-41-47(39,5)24-21-42-46(4)23-20-36(29-34(46)19-22-48(41,42)6)54-45(52)49-35-15-13-33(14-16-35)37-11-8-12-38-40(51)30-43(55-44(37)38)50-25-27-53-28-26-50/h8,11-16,19,30-32,36,39,41-42H,7,9-10,17-18,20-29H2,1-6H3,(H,49,52)/t32-,36+,39-,41-,42-,46+,47-,48+/m1/s1. The van der Waals surface area contributed by atoms with Crippen LogP contribution in [0.25, 0.3) is 22.1 Å². The third-order valence-corrected chi connectivity index (χ3v) is 15.6. The van der Waals surface area contributed by atoms with Gasteiger partial charge in [-0.2, -0.15) is 0 Å². The van der Waals surface area contributed by atoms with Crippen LogP contribution in [0.2, 0.25) is 0 Å². The Bertz CT molecular complexity index is 1960. The maximum absolute atomic E-state index is 13.3. The number of para-hydroxylation sites is 1. The number of fused-ring (bicyclic) bond motifs is 6. The van der Waals surface area contributed by atoms with Crippen molar-refractivity contribution in [2.24, 2.45) is 45.8 Å². The summed E-state index contributed by atoms with van der Waals surface area (Å²) in [6.07, 6.45) is 15.7. The first-order chi connectivity index (χ1) is 26.4. The van der Waals surface area contributed by atoms with Gasteiger partial charge < -0.3 is 18.8 Å². The van der Waals surface area contributed by atoms with Crippen molar-refractivity contribution in [2.75, 3.05) is 36.5 Å². The molecule has 8 atom stereocenters. The lowest BCUT2D eigenvalue weighted by Gasteiger charge is -2.63. The van der Waals surface area contributed by atoms with Gasteiger partial charge in [0.1, 0.15) is 11.7 Å². The Balaban J connectivity index is 0.907. The van der Waals surface area contributed by atoms with Crippen molar-refractivity contribution in [1.82, 2.24) is 0 Å². The number of carbonyl (C=O) groups is 1. The van der Waals surface area contributed by atoms with Gasteiger partial charge in [-0.15, -0.1) is 0 Å². The second-order valence-electron chi connectivity index (χ2n) is 19.2. The summed E-state index contributed by atoms with van der Waals surface area (Å²) < 4.78 is 18.0. The minimum absolute atomic E-state index is 0.0618. The van der Waals surface area contributed by atoms with E-state index in [0.29, 0.717) is 65.6 Å². The molecule has 0 unspecified atom stereocenters. The largest absolute Gasteiger partial charge is 0.446 e. The predicted molar refractivity (Wildman–Crippen MR) is 223 cm³/mol. The fourth-order valence-electron chi connectivity index (χ4n) is 12.8. The van der Waals surface area contributed by atoms with E-state index in [4.69, 9.17) is 13.9 Å². The molecule has 4 aliphatic carbocycles. The molecule has 296 valence electrons. The lowest BCUT2D eigenvalue weighted by atomic mass is 9.41. The predicted octanol–water partition coefficient (Wildman–Crippen LogP) is 11.6. The molecule has 2 heterocycles. The van der Waals surface area contributed by atoms with Crippen molar-refractivity contribution in [1.29, 1.82) is 0 Å². The van der Waals surface area contributed by atoms with Crippen LogP contribution in [0.5, 0.6) is 0 Å². The maximum atomic E-state index is 13.3. The smallest absolute Gasteiger partial charge is 0.411 e. The molecule has 0 radical (unpaired) electrons. The molecule has 3 saturated carbocycles. The lowest BCUT2D eigenvalue weighted by molar-refractivity contribution is -0.114. The van der Waals surface area contributed by atoms with Crippen LogP contribution in [-0.2, 0) is 9.47 Å². The third kappa shape index (κ3) is 7.06. The highest BCUT2D eigenvalue weighted by atomic mass is 16.6. The number of amides is 1. The molecule has 3 aromatic rings. The number of anilines is 2. The second kappa shape index (κ2) is 15.1. The summed E-state index contributed by atoms with van der Waals surface area (Å²) in [6.45, 7) is 17.8. The molecule has 4 fully saturated rings. The van der Waals surface area contributed by atoms with Crippen LogP contribution in [0.4, 0.5) is 16.4 Å². The zero-order chi connectivity index (χ0) is 38.5. The van der Waals surface area contributed by atoms with Gasteiger partial charge >= 0.3 is 6.09 Å². The summed E-state index contributed by atoms with van der Waals surface area (Å²) in [5.41, 5.74) is 5.43. The summed E-state index contributed by atoms with van der Waals surface area (Å²) in [5.74, 6) is 4.53. The van der Waals surface area contributed by atoms with Gasteiger partial charge in [0.25, 0.3) is 0 Å². The molecule has 0 spiro atoms. The molecule has 5 aliphatic rings. The van der Waals surface area contributed by atoms with Crippen molar-refractivity contribution in [3.05, 3.63) is 70.4 Å². The number of ether oxygens (including phenoxy) is 2. The number of hydrogen-bond donors (Lipinski definition) is 1. The van der Waals surface area contributed by atoms with Gasteiger partial charge in [0.2, 0.25) is 0 Å². The molecule has 1 aromatic heterocycles. The van der Waals surface area contributed by atoms with E-state index in [-0.39, 0.29) is 16.9 Å². The van der Waals surface area contributed by atoms with Crippen LogP contribution in [0, 0.1) is 45.8 Å². The molecule has 8 rings (SSSR count). The van der Waals surface area contributed by atoms with Crippen LogP contribution in [0.15, 0.2) is 69.4 Å². The zero-order valence-corrected chi connectivity index (χ0v) is 34.3. The Hall–Kier alpha value is -3.58. The number of benzene rings is 2. The summed E-state index contributed by atoms with van der Waals surface area (Å²) >= 11 is 0. The van der Waals surface area contributed by atoms with Crippen molar-refractivity contribution >= 4 is 28.6 Å². The number of allylic oxidation sites excluding steroid dienone is 1. The highest BCUT2D eigenvalue weighted by Crippen LogP contribution is 2.72. The molecule has 2 aromatic carbocycles. The minimum Gasteiger partial charge on any atom is -0.446 e. The summed E-state index contributed by atoms with van der Waals surface area (Å²) in [4.78, 5) is 28.4. The minimum atomic E-state index is -0.401. The molecular formula is C48H64N2O5. The topological polar surface area (TPSA) is 81.0 Å². The van der Waals surface area contributed by atoms with Gasteiger partial charge in [-0.25, -0.2) is 4.79 Å². The Morgan fingerprint density at radius 3 is 2.47 bits per heavy atom. The monoisotopic (exact) mass is 748 g/mol. The van der Waals surface area contributed by atoms with Crippen LogP contribution in [0.1, 0.15) is 112 Å². The fraction of sp³-hybridized carbons (Fsp3) is 0.625. The summed E-state index contributed by atoms with van der Waals surface area (Å²) in [7, 11) is 0. The molecule has 7 heteroatoms. The van der Waals surface area contributed by atoms with Gasteiger partial charge in [0.15, 0.2) is 11.3 Å². The van der Waals surface area contributed by atoms with Crippen molar-refractivity contribution in [3.8, 4) is 11.1 Å². The number of nitrogens with zero attached hydrogens (tertiary/aromatic N) is 1. The number of hydrogen-bond acceptors (Lipinski definition) is 6. The average Bonchev–Trinajstić information content (AvgIpc) is 3.53. The number of morpholine rings is 1. The molecule has 7 nitrogen and oxygen atoms in total. The highest BCUT2D eigenvalue weighted by molar-refractivity contribution is 5.93. The van der Waals surface area contributed by atoms with Gasteiger partial charge in [-0.1, -0.05) is 96.7 Å². The van der Waals surface area contributed by atoms with Gasteiger partial charge in [0.05, 0.1) is 18.6 Å². The van der Waals surface area contributed by atoms with E-state index >= 15 is 0 Å². The number of nitrogens with one attached hydrogen (secondary N) is 1. The third-order valence-electron chi connectivity index (χ3n) is 15.6. The number of rotatable bonds is 9. The van der Waals surface area contributed by atoms with Crippen LogP contribution >= 0.6 is 0 Å². The SMILES string of the molecule is CC(C)CCC[C@@H](C)[C@H]1CC[C@@H]2[C@]1(C)CC[C@H]1[C@@]2(C)CC=C2C[C@@H](OC(=O)Nc3ccc(-c4cccc5c(=O)cc(N6CCOCC6)oc45)cc3)CC[C@@]21C. The van der Waals surface area contributed by atoms with E-state index in [0.717, 1.165) is 60.5 Å². The van der Waals surface area contributed by atoms with Gasteiger partial charge in [-0.3, -0.25) is 10.1 Å². The Morgan fingerprint density at radius 1 is 0.927 bits per heavy atom. The van der Waals surface area contributed by atoms with Crippen molar-refractivity contribution in [2.45, 2.75) is 118 Å². The average molecular weight is 749 g/mol. The normalized spacial score (nSPS) is 32.3. The van der Waals surface area contributed by atoms with Crippen LogP contribution in [-0.4, -0.2) is 38.5 Å². The lowest BCUT2D eigenvalue weighted by Crippen LogP contribution is -2.56. The first-order valence-corrected chi connectivity index (χ1v) is 21.6. The summed E-state index contributed by atoms with van der Waals surface area (Å²) in [5, 5.41) is 3.54. The first kappa shape index (κ1) is 38.3. The van der Waals surface area contributed by atoms with E-state index in [1.807, 2.05) is 42.5 Å². The van der Waals surface area contributed by atoms with E-state index in [1.165, 1.54) is 50.5 Å². The Kier molecular flexibility index (Phi) is 10.5.